The lowest BCUT2D eigenvalue weighted by atomic mass is 10.2. The van der Waals surface area contributed by atoms with Gasteiger partial charge in [-0.05, 0) is 30.3 Å². The number of amides is 1. The molecule has 0 unspecified atom stereocenters. The van der Waals surface area contributed by atoms with Crippen molar-refractivity contribution in [3.63, 3.8) is 0 Å². The van der Waals surface area contributed by atoms with Crippen molar-refractivity contribution in [3.05, 3.63) is 63.2 Å². The summed E-state index contributed by atoms with van der Waals surface area (Å²) in [6.45, 7) is 0. The number of fused-ring (bicyclic) bond motifs is 1. The quantitative estimate of drug-likeness (QED) is 0.587. The van der Waals surface area contributed by atoms with E-state index in [2.05, 4.69) is 10.3 Å². The smallest absolute Gasteiger partial charge is 0.302 e. The van der Waals surface area contributed by atoms with Gasteiger partial charge in [0, 0.05) is 22.7 Å². The summed E-state index contributed by atoms with van der Waals surface area (Å²) in [5.74, 6) is -0.479. The van der Waals surface area contributed by atoms with Gasteiger partial charge in [0.05, 0.1) is 4.92 Å². The molecule has 0 aliphatic rings. The number of nitro groups is 1. The number of hydrogen-bond donors (Lipinski definition) is 1. The molecule has 0 aliphatic carbocycles. The molecule has 0 radical (unpaired) electrons. The molecule has 7 nitrogen and oxygen atoms in total. The summed E-state index contributed by atoms with van der Waals surface area (Å²) in [5, 5.41) is 13.6. The fraction of sp³-hybridized carbons (Fsp3) is 0. The van der Waals surface area contributed by atoms with E-state index in [1.165, 1.54) is 24.3 Å². The topological polar surface area (TPSA) is 98.3 Å². The van der Waals surface area contributed by atoms with Crippen molar-refractivity contribution in [3.8, 4) is 0 Å². The Morgan fingerprint density at radius 2 is 1.95 bits per heavy atom. The number of anilines is 1. The Kier molecular flexibility index (Phi) is 3.48. The fourth-order valence-corrected chi connectivity index (χ4v) is 2.02. The van der Waals surface area contributed by atoms with Crippen LogP contribution in [0.5, 0.6) is 0 Å². The van der Waals surface area contributed by atoms with Gasteiger partial charge in [0.15, 0.2) is 5.58 Å². The van der Waals surface area contributed by atoms with Crippen LogP contribution in [0.2, 0.25) is 5.02 Å². The molecule has 0 aliphatic heterocycles. The molecule has 1 amide bonds. The molecule has 22 heavy (non-hydrogen) atoms. The maximum atomic E-state index is 12.0. The second-order valence-electron chi connectivity index (χ2n) is 4.39. The summed E-state index contributed by atoms with van der Waals surface area (Å²) in [5.41, 5.74) is 1.17. The van der Waals surface area contributed by atoms with Gasteiger partial charge < -0.3 is 4.42 Å². The Balaban J connectivity index is 1.81. The zero-order valence-corrected chi connectivity index (χ0v) is 11.7. The Labute approximate surface area is 128 Å². The average molecular weight is 318 g/mol. The number of non-ortho nitro benzene ring substituents is 1. The minimum Gasteiger partial charge on any atom is -0.423 e. The van der Waals surface area contributed by atoms with Crippen molar-refractivity contribution in [1.82, 2.24) is 4.98 Å². The number of carbonyl (C=O) groups excluding carboxylic acids is 1. The van der Waals surface area contributed by atoms with Gasteiger partial charge in [0.1, 0.15) is 5.52 Å². The van der Waals surface area contributed by atoms with Crippen LogP contribution < -0.4 is 5.32 Å². The summed E-state index contributed by atoms with van der Waals surface area (Å²) in [6.07, 6.45) is 0. The lowest BCUT2D eigenvalue weighted by molar-refractivity contribution is -0.384. The van der Waals surface area contributed by atoms with E-state index in [9.17, 15) is 14.9 Å². The minimum atomic E-state index is -0.535. The van der Waals surface area contributed by atoms with Gasteiger partial charge in [-0.1, -0.05) is 11.6 Å². The highest BCUT2D eigenvalue weighted by molar-refractivity contribution is 6.31. The number of aromatic nitrogens is 1. The fourth-order valence-electron chi connectivity index (χ4n) is 1.86. The van der Waals surface area contributed by atoms with E-state index in [1.807, 2.05) is 0 Å². The van der Waals surface area contributed by atoms with E-state index in [0.29, 0.717) is 16.1 Å². The number of nitro benzene ring substituents is 1. The first-order chi connectivity index (χ1) is 10.5. The van der Waals surface area contributed by atoms with Crippen LogP contribution in [0.3, 0.4) is 0 Å². The van der Waals surface area contributed by atoms with Gasteiger partial charge in [-0.25, -0.2) is 0 Å². The predicted octanol–water partition coefficient (Wildman–Crippen LogP) is 3.64. The van der Waals surface area contributed by atoms with Gasteiger partial charge in [-0.15, -0.1) is 0 Å². The largest absolute Gasteiger partial charge is 0.423 e. The van der Waals surface area contributed by atoms with Crippen LogP contribution in [-0.4, -0.2) is 15.8 Å². The lowest BCUT2D eigenvalue weighted by Crippen LogP contribution is -2.11. The monoisotopic (exact) mass is 317 g/mol. The summed E-state index contributed by atoms with van der Waals surface area (Å²) in [4.78, 5) is 26.2. The van der Waals surface area contributed by atoms with Crippen LogP contribution in [0, 0.1) is 10.1 Å². The molecule has 110 valence electrons. The molecule has 0 saturated heterocycles. The normalized spacial score (nSPS) is 10.6. The van der Waals surface area contributed by atoms with E-state index in [-0.39, 0.29) is 17.3 Å². The number of oxazole rings is 1. The van der Waals surface area contributed by atoms with Gasteiger partial charge in [-0.3, -0.25) is 20.2 Å². The standard InChI is InChI=1S/C14H8ClN3O4/c15-9-3-6-12-11(7-9)16-14(22-12)17-13(19)8-1-4-10(5-2-8)18(20)21/h1-7H,(H,16,17,19). The molecular weight excluding hydrogens is 310 g/mol. The molecular formula is C14H8ClN3O4. The number of carbonyl (C=O) groups is 1. The molecule has 0 fully saturated rings. The van der Waals surface area contributed by atoms with Crippen LogP contribution in [0.4, 0.5) is 11.7 Å². The van der Waals surface area contributed by atoms with Crippen molar-refractivity contribution in [2.45, 2.75) is 0 Å². The van der Waals surface area contributed by atoms with E-state index in [0.717, 1.165) is 0 Å². The Morgan fingerprint density at radius 3 is 2.64 bits per heavy atom. The van der Waals surface area contributed by atoms with Crippen LogP contribution in [-0.2, 0) is 0 Å². The number of nitrogens with zero attached hydrogens (tertiary/aromatic N) is 2. The van der Waals surface area contributed by atoms with Crippen LogP contribution in [0.15, 0.2) is 46.9 Å². The van der Waals surface area contributed by atoms with Crippen molar-refractivity contribution < 1.29 is 14.1 Å². The molecule has 8 heteroatoms. The minimum absolute atomic E-state index is 0.0284. The molecule has 0 spiro atoms. The summed E-state index contributed by atoms with van der Waals surface area (Å²) in [7, 11) is 0. The Bertz CT molecular complexity index is 873. The SMILES string of the molecule is O=C(Nc1nc2cc(Cl)ccc2o1)c1ccc([N+](=O)[O-])cc1. The molecule has 1 N–H and O–H groups in total. The second kappa shape index (κ2) is 5.45. The van der Waals surface area contributed by atoms with E-state index >= 15 is 0 Å². The van der Waals surface area contributed by atoms with Gasteiger partial charge in [0.25, 0.3) is 11.6 Å². The van der Waals surface area contributed by atoms with Gasteiger partial charge in [-0.2, -0.15) is 4.98 Å². The highest BCUT2D eigenvalue weighted by atomic mass is 35.5. The van der Waals surface area contributed by atoms with E-state index < -0.39 is 10.8 Å². The zero-order valence-electron chi connectivity index (χ0n) is 10.9. The predicted molar refractivity (Wildman–Crippen MR) is 80.1 cm³/mol. The highest BCUT2D eigenvalue weighted by Crippen LogP contribution is 2.22. The van der Waals surface area contributed by atoms with Crippen molar-refractivity contribution in [2.24, 2.45) is 0 Å². The summed E-state index contributed by atoms with van der Waals surface area (Å²) >= 11 is 5.85. The highest BCUT2D eigenvalue weighted by Gasteiger charge is 2.13. The number of hydrogen-bond acceptors (Lipinski definition) is 5. The first kappa shape index (κ1) is 14.0. The number of rotatable bonds is 3. The van der Waals surface area contributed by atoms with Gasteiger partial charge >= 0.3 is 6.01 Å². The van der Waals surface area contributed by atoms with Gasteiger partial charge in [0.2, 0.25) is 0 Å². The van der Waals surface area contributed by atoms with Crippen molar-refractivity contribution in [2.75, 3.05) is 5.32 Å². The first-order valence-electron chi connectivity index (χ1n) is 6.15. The lowest BCUT2D eigenvalue weighted by Gasteiger charge is -2.00. The van der Waals surface area contributed by atoms with Crippen molar-refractivity contribution >= 4 is 40.3 Å². The molecule has 2 aromatic carbocycles. The third-order valence-electron chi connectivity index (χ3n) is 2.91. The third kappa shape index (κ3) is 2.75. The molecule has 1 heterocycles. The Hall–Kier alpha value is -2.93. The van der Waals surface area contributed by atoms with E-state index in [1.54, 1.807) is 18.2 Å². The van der Waals surface area contributed by atoms with Crippen LogP contribution in [0.1, 0.15) is 10.4 Å². The van der Waals surface area contributed by atoms with Crippen LogP contribution >= 0.6 is 11.6 Å². The van der Waals surface area contributed by atoms with Crippen LogP contribution in [0.25, 0.3) is 11.1 Å². The van der Waals surface area contributed by atoms with Crippen molar-refractivity contribution in [1.29, 1.82) is 0 Å². The molecule has 0 atom stereocenters. The molecule has 3 aromatic rings. The Morgan fingerprint density at radius 1 is 1.23 bits per heavy atom. The second-order valence-corrected chi connectivity index (χ2v) is 4.83. The average Bonchev–Trinajstić information content (AvgIpc) is 2.88. The third-order valence-corrected chi connectivity index (χ3v) is 3.15. The summed E-state index contributed by atoms with van der Waals surface area (Å²) in [6, 6.07) is 10.1. The zero-order chi connectivity index (χ0) is 15.7. The molecule has 1 aromatic heterocycles. The number of benzene rings is 2. The molecule has 3 rings (SSSR count). The summed E-state index contributed by atoms with van der Waals surface area (Å²) < 4.78 is 5.37. The maximum absolute atomic E-state index is 12.0. The molecule has 0 bridgehead atoms. The number of halogens is 1. The molecule has 0 saturated carbocycles. The number of nitrogens with one attached hydrogen (secondary N) is 1. The first-order valence-corrected chi connectivity index (χ1v) is 6.52. The maximum Gasteiger partial charge on any atom is 0.302 e. The van der Waals surface area contributed by atoms with E-state index in [4.69, 9.17) is 16.0 Å².